The van der Waals surface area contributed by atoms with Gasteiger partial charge in [0.05, 0.1) is 20.2 Å². The van der Waals surface area contributed by atoms with Gasteiger partial charge >= 0.3 is 103 Å². The zero-order valence-corrected chi connectivity index (χ0v) is 16.0. The minimum atomic E-state index is -4.29. The van der Waals surface area contributed by atoms with Crippen LogP contribution in [0.5, 0.6) is 0 Å². The van der Waals surface area contributed by atoms with Gasteiger partial charge in [-0.15, -0.1) is 0 Å². The first-order valence-electron chi connectivity index (χ1n) is 3.08. The van der Waals surface area contributed by atoms with Crippen LogP contribution in [0.2, 0.25) is 0 Å². The molecule has 0 saturated heterocycles. The maximum absolute atomic E-state index is 9.97. The second-order valence-corrected chi connectivity index (χ2v) is 5.28. The summed E-state index contributed by atoms with van der Waals surface area (Å²) in [6.45, 7) is 0. The molecule has 0 amide bonds. The number of hydrogen-bond donors (Lipinski definition) is 0. The molecule has 0 saturated carbocycles. The van der Waals surface area contributed by atoms with Crippen molar-refractivity contribution in [2.24, 2.45) is 0 Å². The van der Waals surface area contributed by atoms with E-state index in [9.17, 15) is 25.9 Å². The average Bonchev–Trinajstić information content (AvgIpc) is 1.76. The Hall–Kier alpha value is 3.09. The zero-order chi connectivity index (χ0) is 9.83. The molecule has 0 aromatic rings. The maximum Gasteiger partial charge on any atom is 1.00 e. The standard InChI is InChI=1S/C4H10O6S2.2K/c5-11(6,7)3-1-2-4-12(8,9)10;;/h1-4H2,(H,5,6,7)(H,8,9,10);;/q;2*+1/p-2. The van der Waals surface area contributed by atoms with E-state index in [1.807, 2.05) is 0 Å². The summed E-state index contributed by atoms with van der Waals surface area (Å²) in [5.74, 6) is -1.24. The van der Waals surface area contributed by atoms with Crippen LogP contribution in [0.15, 0.2) is 0 Å². The second-order valence-electron chi connectivity index (χ2n) is 2.23. The Balaban J connectivity index is -0.000000605. The van der Waals surface area contributed by atoms with E-state index in [1.54, 1.807) is 0 Å². The van der Waals surface area contributed by atoms with Crippen molar-refractivity contribution >= 4 is 20.2 Å². The molecule has 0 fully saturated rings. The summed E-state index contributed by atoms with van der Waals surface area (Å²) in [5.41, 5.74) is 0. The van der Waals surface area contributed by atoms with Crippen LogP contribution in [0, 0.1) is 0 Å². The first-order valence-corrected chi connectivity index (χ1v) is 6.23. The van der Waals surface area contributed by atoms with Crippen molar-refractivity contribution in [3.8, 4) is 0 Å². The number of hydrogen-bond acceptors (Lipinski definition) is 6. The third-order valence-electron chi connectivity index (χ3n) is 1.04. The van der Waals surface area contributed by atoms with E-state index in [-0.39, 0.29) is 116 Å². The van der Waals surface area contributed by atoms with E-state index < -0.39 is 31.7 Å². The Morgan fingerprint density at radius 1 is 0.714 bits per heavy atom. The van der Waals surface area contributed by atoms with Gasteiger partial charge in [-0.05, 0) is 12.8 Å². The molecule has 10 heteroatoms. The number of unbranched alkanes of at least 4 members (excludes halogenated alkanes) is 1. The van der Waals surface area contributed by atoms with Crippen LogP contribution in [0.25, 0.3) is 0 Å². The molecule has 0 heterocycles. The first-order chi connectivity index (χ1) is 5.21. The molecule has 0 rings (SSSR count). The van der Waals surface area contributed by atoms with Gasteiger partial charge in [0.25, 0.3) is 0 Å². The molecule has 0 aromatic carbocycles. The van der Waals surface area contributed by atoms with Crippen LogP contribution in [0.3, 0.4) is 0 Å². The van der Waals surface area contributed by atoms with Crippen molar-refractivity contribution in [3.05, 3.63) is 0 Å². The van der Waals surface area contributed by atoms with Crippen LogP contribution in [-0.2, 0) is 20.2 Å². The minimum Gasteiger partial charge on any atom is -0.748 e. The Morgan fingerprint density at radius 3 is 1.07 bits per heavy atom. The van der Waals surface area contributed by atoms with Crippen LogP contribution in [0.4, 0.5) is 0 Å². The van der Waals surface area contributed by atoms with Crippen molar-refractivity contribution in [1.82, 2.24) is 0 Å². The van der Waals surface area contributed by atoms with Crippen molar-refractivity contribution in [2.45, 2.75) is 12.8 Å². The van der Waals surface area contributed by atoms with Crippen molar-refractivity contribution < 1.29 is 129 Å². The molecule has 0 unspecified atom stereocenters. The molecule has 0 aliphatic heterocycles. The largest absolute Gasteiger partial charge is 1.00 e. The molecular formula is C4H8K2O6S2. The molecule has 0 aliphatic carbocycles. The quantitative estimate of drug-likeness (QED) is 0.283. The van der Waals surface area contributed by atoms with Gasteiger partial charge in [-0.1, -0.05) is 0 Å². The third kappa shape index (κ3) is 20.5. The monoisotopic (exact) mass is 294 g/mol. The fourth-order valence-electron chi connectivity index (χ4n) is 0.558. The first kappa shape index (κ1) is 22.3. The summed E-state index contributed by atoms with van der Waals surface area (Å²) in [7, 11) is -8.58. The van der Waals surface area contributed by atoms with Crippen LogP contribution >= 0.6 is 0 Å². The molecule has 6 nitrogen and oxygen atoms in total. The normalized spacial score (nSPS) is 11.3. The fraction of sp³-hybridized carbons (Fsp3) is 1.00. The van der Waals surface area contributed by atoms with Crippen LogP contribution in [-0.4, -0.2) is 37.4 Å². The summed E-state index contributed by atoms with van der Waals surface area (Å²) in [5, 5.41) is 0. The Morgan fingerprint density at radius 2 is 0.929 bits per heavy atom. The van der Waals surface area contributed by atoms with Gasteiger partial charge in [0, 0.05) is 11.5 Å². The van der Waals surface area contributed by atoms with Gasteiger partial charge in [0.2, 0.25) is 0 Å². The van der Waals surface area contributed by atoms with E-state index >= 15 is 0 Å². The van der Waals surface area contributed by atoms with E-state index in [0.29, 0.717) is 0 Å². The minimum absolute atomic E-state index is 0. The topological polar surface area (TPSA) is 114 Å². The third-order valence-corrected chi connectivity index (χ3v) is 2.62. The van der Waals surface area contributed by atoms with Crippen molar-refractivity contribution in [2.75, 3.05) is 11.5 Å². The van der Waals surface area contributed by atoms with Gasteiger partial charge in [-0.2, -0.15) is 0 Å². The fourth-order valence-corrected chi connectivity index (χ4v) is 1.67. The van der Waals surface area contributed by atoms with Gasteiger partial charge in [-0.3, -0.25) is 0 Å². The van der Waals surface area contributed by atoms with Crippen molar-refractivity contribution in [3.63, 3.8) is 0 Å². The molecule has 0 bridgehead atoms. The van der Waals surface area contributed by atoms with Gasteiger partial charge in [0.1, 0.15) is 0 Å². The summed E-state index contributed by atoms with van der Waals surface area (Å²) in [6, 6.07) is 0. The molecule has 0 spiro atoms. The predicted molar refractivity (Wildman–Crippen MR) is 38.4 cm³/mol. The molecule has 0 atom stereocenters. The molecule has 14 heavy (non-hydrogen) atoms. The molecule has 0 aliphatic rings. The molecular weight excluding hydrogens is 286 g/mol. The number of rotatable bonds is 5. The molecule has 0 N–H and O–H groups in total. The SMILES string of the molecule is O=S(=O)([O-])CCCCS(=O)(=O)[O-].[K+].[K+]. The van der Waals surface area contributed by atoms with E-state index in [1.165, 1.54) is 0 Å². The second kappa shape index (κ2) is 10.1. The Kier molecular flexibility index (Phi) is 16.0. The van der Waals surface area contributed by atoms with Crippen LogP contribution < -0.4 is 103 Å². The molecule has 0 aromatic heterocycles. The predicted octanol–water partition coefficient (Wildman–Crippen LogP) is -7.13. The average molecular weight is 294 g/mol. The summed E-state index contributed by atoms with van der Waals surface area (Å²) >= 11 is 0. The Bertz CT molecular complexity index is 286. The maximum atomic E-state index is 9.97. The smallest absolute Gasteiger partial charge is 0.748 e. The summed E-state index contributed by atoms with van der Waals surface area (Å²) in [4.78, 5) is 0. The summed E-state index contributed by atoms with van der Waals surface area (Å²) in [6.07, 6.45) is -0.180. The molecule has 0 radical (unpaired) electrons. The van der Waals surface area contributed by atoms with Crippen molar-refractivity contribution in [1.29, 1.82) is 0 Å². The van der Waals surface area contributed by atoms with Gasteiger partial charge in [-0.25, -0.2) is 16.8 Å². The zero-order valence-electron chi connectivity index (χ0n) is 8.09. The van der Waals surface area contributed by atoms with E-state index in [2.05, 4.69) is 0 Å². The summed E-state index contributed by atoms with van der Waals surface area (Å²) < 4.78 is 59.8. The Labute approximate surface area is 169 Å². The van der Waals surface area contributed by atoms with Gasteiger partial charge in [0.15, 0.2) is 0 Å². The van der Waals surface area contributed by atoms with Crippen LogP contribution in [0.1, 0.15) is 12.8 Å². The van der Waals surface area contributed by atoms with E-state index in [0.717, 1.165) is 0 Å². The van der Waals surface area contributed by atoms with Gasteiger partial charge < -0.3 is 9.11 Å². The molecule has 74 valence electrons. The van der Waals surface area contributed by atoms with E-state index in [4.69, 9.17) is 0 Å².